The summed E-state index contributed by atoms with van der Waals surface area (Å²) in [6.07, 6.45) is 9.67. The molecule has 3 aliphatic rings. The summed E-state index contributed by atoms with van der Waals surface area (Å²) < 4.78 is 0. The third-order valence-corrected chi connectivity index (χ3v) is 7.26. The summed E-state index contributed by atoms with van der Waals surface area (Å²) in [5.41, 5.74) is 7.80. The van der Waals surface area contributed by atoms with E-state index >= 15 is 0 Å². The van der Waals surface area contributed by atoms with Crippen LogP contribution >= 0.6 is 0 Å². The number of primary amides is 1. The van der Waals surface area contributed by atoms with Gasteiger partial charge in [-0.25, -0.2) is 0 Å². The molecule has 4 rings (SSSR count). The summed E-state index contributed by atoms with van der Waals surface area (Å²) in [5, 5.41) is 9.83. The average Bonchev–Trinajstić information content (AvgIpc) is 2.60. The Kier molecular flexibility index (Phi) is 4.37. The van der Waals surface area contributed by atoms with E-state index in [1.807, 2.05) is 18.2 Å². The van der Waals surface area contributed by atoms with Gasteiger partial charge in [0.05, 0.1) is 0 Å². The lowest BCUT2D eigenvalue weighted by molar-refractivity contribution is -0.0355. The molecule has 4 heteroatoms. The van der Waals surface area contributed by atoms with Gasteiger partial charge < -0.3 is 10.8 Å². The number of hydrogen-bond acceptors (Lipinski definition) is 3. The van der Waals surface area contributed by atoms with Gasteiger partial charge in [-0.2, -0.15) is 0 Å². The van der Waals surface area contributed by atoms with Crippen LogP contribution in [0, 0.1) is 5.41 Å². The van der Waals surface area contributed by atoms with Gasteiger partial charge >= 0.3 is 0 Å². The molecule has 0 radical (unpaired) electrons. The normalized spacial score (nSPS) is 31.3. The van der Waals surface area contributed by atoms with E-state index in [1.54, 1.807) is 0 Å². The third kappa shape index (κ3) is 3.00. The number of hydrogen-bond donors (Lipinski definition) is 2. The van der Waals surface area contributed by atoms with Gasteiger partial charge in [-0.15, -0.1) is 0 Å². The number of aliphatic hydroxyl groups is 1. The van der Waals surface area contributed by atoms with Crippen LogP contribution in [0.5, 0.6) is 0 Å². The molecule has 2 unspecified atom stereocenters. The second-order valence-electron chi connectivity index (χ2n) is 8.71. The molecule has 25 heavy (non-hydrogen) atoms. The van der Waals surface area contributed by atoms with Crippen LogP contribution in [0.1, 0.15) is 67.3 Å². The quantitative estimate of drug-likeness (QED) is 0.865. The minimum Gasteiger partial charge on any atom is -0.396 e. The third-order valence-electron chi connectivity index (χ3n) is 7.26. The van der Waals surface area contributed by atoms with Crippen molar-refractivity contribution < 1.29 is 9.90 Å². The number of carbonyl (C=O) groups is 1. The summed E-state index contributed by atoms with van der Waals surface area (Å²) in [5.74, 6) is -0.335. The molecule has 136 valence electrons. The molecule has 1 aromatic carbocycles. The van der Waals surface area contributed by atoms with Crippen molar-refractivity contribution in [3.8, 4) is 0 Å². The molecule has 0 spiro atoms. The monoisotopic (exact) mass is 342 g/mol. The van der Waals surface area contributed by atoms with Gasteiger partial charge in [0, 0.05) is 30.2 Å². The number of benzene rings is 1. The molecule has 3 N–H and O–H groups in total. The maximum absolute atomic E-state index is 11.6. The van der Waals surface area contributed by atoms with Crippen LogP contribution in [0.25, 0.3) is 0 Å². The van der Waals surface area contributed by atoms with E-state index in [4.69, 9.17) is 5.73 Å². The number of carbonyl (C=O) groups excluding carboxylic acids is 1. The number of likely N-dealkylation sites (tertiary alicyclic amines) is 1. The molecule has 4 nitrogen and oxygen atoms in total. The molecule has 0 aromatic heterocycles. The summed E-state index contributed by atoms with van der Waals surface area (Å²) >= 11 is 0. The van der Waals surface area contributed by atoms with Crippen LogP contribution in [0.4, 0.5) is 0 Å². The fourth-order valence-corrected chi connectivity index (χ4v) is 5.50. The molecule has 2 saturated carbocycles. The van der Waals surface area contributed by atoms with Gasteiger partial charge in [-0.05, 0) is 68.2 Å². The molecule has 1 heterocycles. The summed E-state index contributed by atoms with van der Waals surface area (Å²) in [6, 6.07) is 8.63. The Balaban J connectivity index is 1.54. The SMILES string of the molecule is NC(=O)c1cccc(C23CCCC(C2)N(CC2(CO)CCC2)CC3)c1. The van der Waals surface area contributed by atoms with E-state index in [1.165, 1.54) is 50.5 Å². The van der Waals surface area contributed by atoms with Gasteiger partial charge in [-0.1, -0.05) is 25.0 Å². The first-order chi connectivity index (χ1) is 12.1. The molecule has 2 aliphatic carbocycles. The first-order valence-electron chi connectivity index (χ1n) is 9.81. The number of nitrogens with zero attached hydrogens (tertiary/aromatic N) is 1. The van der Waals surface area contributed by atoms with Crippen LogP contribution in [-0.2, 0) is 5.41 Å². The van der Waals surface area contributed by atoms with Crippen molar-refractivity contribution in [2.45, 2.75) is 62.8 Å². The van der Waals surface area contributed by atoms with Crippen molar-refractivity contribution in [2.75, 3.05) is 19.7 Å². The van der Waals surface area contributed by atoms with Gasteiger partial charge in [-0.3, -0.25) is 9.69 Å². The molecule has 2 bridgehead atoms. The first kappa shape index (κ1) is 17.0. The zero-order valence-corrected chi connectivity index (χ0v) is 15.0. The van der Waals surface area contributed by atoms with Crippen molar-refractivity contribution in [1.29, 1.82) is 0 Å². The van der Waals surface area contributed by atoms with Crippen molar-refractivity contribution >= 4 is 5.91 Å². The Morgan fingerprint density at radius 1 is 1.24 bits per heavy atom. The van der Waals surface area contributed by atoms with Gasteiger partial charge in [0.2, 0.25) is 5.91 Å². The number of fused-ring (bicyclic) bond motifs is 2. The second kappa shape index (κ2) is 6.40. The van der Waals surface area contributed by atoms with E-state index < -0.39 is 0 Å². The Morgan fingerprint density at radius 2 is 2.08 bits per heavy atom. The minimum absolute atomic E-state index is 0.170. The lowest BCUT2D eigenvalue weighted by Gasteiger charge is -2.54. The summed E-state index contributed by atoms with van der Waals surface area (Å²) in [6.45, 7) is 2.50. The van der Waals surface area contributed by atoms with E-state index in [-0.39, 0.29) is 16.7 Å². The topological polar surface area (TPSA) is 66.6 Å². The molecular weight excluding hydrogens is 312 g/mol. The Labute approximate surface area is 150 Å². The summed E-state index contributed by atoms with van der Waals surface area (Å²) in [7, 11) is 0. The predicted octanol–water partition coefficient (Wildman–Crippen LogP) is 2.83. The molecule has 3 fully saturated rings. The Morgan fingerprint density at radius 3 is 2.76 bits per heavy atom. The number of piperidine rings is 1. The van der Waals surface area contributed by atoms with Crippen LogP contribution in [0.2, 0.25) is 0 Å². The van der Waals surface area contributed by atoms with Crippen LogP contribution in [0.15, 0.2) is 24.3 Å². The highest BCUT2D eigenvalue weighted by Gasteiger charge is 2.46. The number of nitrogens with two attached hydrogens (primary N) is 1. The molecule has 2 atom stereocenters. The molecule has 1 aromatic rings. The second-order valence-corrected chi connectivity index (χ2v) is 8.71. The fraction of sp³-hybridized carbons (Fsp3) is 0.667. The van der Waals surface area contributed by atoms with Crippen molar-refractivity contribution in [1.82, 2.24) is 4.90 Å². The van der Waals surface area contributed by atoms with Crippen molar-refractivity contribution in [3.05, 3.63) is 35.4 Å². The van der Waals surface area contributed by atoms with Crippen LogP contribution in [-0.4, -0.2) is 41.7 Å². The zero-order chi connectivity index (χ0) is 17.5. The Bertz CT molecular complexity index is 650. The lowest BCUT2D eigenvalue weighted by atomic mass is 9.62. The minimum atomic E-state index is -0.335. The van der Waals surface area contributed by atoms with E-state index in [9.17, 15) is 9.90 Å². The zero-order valence-electron chi connectivity index (χ0n) is 15.0. The highest BCUT2D eigenvalue weighted by atomic mass is 16.3. The fourth-order valence-electron chi connectivity index (χ4n) is 5.50. The highest BCUT2D eigenvalue weighted by molar-refractivity contribution is 5.92. The maximum Gasteiger partial charge on any atom is 0.248 e. The molecule has 1 saturated heterocycles. The average molecular weight is 342 g/mol. The number of rotatable bonds is 5. The largest absolute Gasteiger partial charge is 0.396 e. The highest BCUT2D eigenvalue weighted by Crippen LogP contribution is 2.49. The van der Waals surface area contributed by atoms with Gasteiger partial charge in [0.15, 0.2) is 0 Å². The van der Waals surface area contributed by atoms with E-state index in [2.05, 4.69) is 11.0 Å². The van der Waals surface area contributed by atoms with E-state index in [0.717, 1.165) is 19.5 Å². The molecule has 1 aliphatic heterocycles. The predicted molar refractivity (Wildman–Crippen MR) is 98.5 cm³/mol. The summed E-state index contributed by atoms with van der Waals surface area (Å²) in [4.78, 5) is 14.2. The van der Waals surface area contributed by atoms with Gasteiger partial charge in [0.1, 0.15) is 0 Å². The first-order valence-corrected chi connectivity index (χ1v) is 9.81. The maximum atomic E-state index is 11.6. The van der Waals surface area contributed by atoms with Crippen molar-refractivity contribution in [2.24, 2.45) is 11.1 Å². The smallest absolute Gasteiger partial charge is 0.248 e. The Hall–Kier alpha value is -1.39. The molecular formula is C21H30N2O2. The van der Waals surface area contributed by atoms with Crippen LogP contribution < -0.4 is 5.73 Å². The van der Waals surface area contributed by atoms with Gasteiger partial charge in [0.25, 0.3) is 0 Å². The molecule has 1 amide bonds. The van der Waals surface area contributed by atoms with Crippen molar-refractivity contribution in [3.63, 3.8) is 0 Å². The standard InChI is InChI=1S/C21H30N2O2/c22-19(25)16-4-1-5-17(12-16)21-9-2-6-18(13-21)23(11-10-21)14-20(15-24)7-3-8-20/h1,4-5,12,18,24H,2-3,6-11,13-15H2,(H2,22,25). The number of aliphatic hydroxyl groups excluding tert-OH is 1. The number of amides is 1. The van der Waals surface area contributed by atoms with E-state index in [0.29, 0.717) is 18.2 Å². The lowest BCUT2D eigenvalue weighted by Crippen LogP contribution is -2.56. The van der Waals surface area contributed by atoms with Crippen LogP contribution in [0.3, 0.4) is 0 Å².